The summed E-state index contributed by atoms with van der Waals surface area (Å²) in [6.07, 6.45) is 0. The van der Waals surface area contributed by atoms with Crippen molar-refractivity contribution in [3.8, 4) is 0 Å². The van der Waals surface area contributed by atoms with E-state index in [1.54, 1.807) is 12.1 Å². The second kappa shape index (κ2) is 6.31. The highest BCUT2D eigenvalue weighted by Crippen LogP contribution is 2.22. The highest BCUT2D eigenvalue weighted by Gasteiger charge is 2.09. The maximum atomic E-state index is 12.1. The summed E-state index contributed by atoms with van der Waals surface area (Å²) in [5.41, 5.74) is 10.3. The molecule has 0 unspecified atom stereocenters. The third-order valence-electron chi connectivity index (χ3n) is 3.35. The molecular weight excluding hydrogens is 262 g/mol. The molecule has 0 aliphatic heterocycles. The van der Waals surface area contributed by atoms with Crippen LogP contribution in [0, 0.1) is 6.92 Å². The Kier molecular flexibility index (Phi) is 4.48. The van der Waals surface area contributed by atoms with Gasteiger partial charge in [0.1, 0.15) is 0 Å². The zero-order chi connectivity index (χ0) is 15.4. The predicted molar refractivity (Wildman–Crippen MR) is 87.5 cm³/mol. The van der Waals surface area contributed by atoms with Crippen LogP contribution < -0.4 is 16.0 Å². The topological polar surface area (TPSA) is 58.4 Å². The van der Waals surface area contributed by atoms with Crippen molar-refractivity contribution in [1.29, 1.82) is 0 Å². The molecule has 0 radical (unpaired) electrons. The number of nitrogens with one attached hydrogen (secondary N) is 1. The molecule has 0 spiro atoms. The molecule has 0 heterocycles. The van der Waals surface area contributed by atoms with E-state index >= 15 is 0 Å². The van der Waals surface area contributed by atoms with Crippen LogP contribution in [0.15, 0.2) is 42.5 Å². The van der Waals surface area contributed by atoms with Crippen molar-refractivity contribution in [2.75, 3.05) is 24.7 Å². The average molecular weight is 283 g/mol. The number of nitrogen functional groups attached to an aromatic ring is 1. The van der Waals surface area contributed by atoms with Crippen LogP contribution in [0.3, 0.4) is 0 Å². The summed E-state index contributed by atoms with van der Waals surface area (Å²) in [6.45, 7) is 2.55. The van der Waals surface area contributed by atoms with Gasteiger partial charge >= 0.3 is 0 Å². The Hall–Kier alpha value is -2.49. The van der Waals surface area contributed by atoms with Crippen LogP contribution in [0.1, 0.15) is 21.5 Å². The van der Waals surface area contributed by atoms with Crippen molar-refractivity contribution in [1.82, 2.24) is 5.32 Å². The normalized spacial score (nSPS) is 10.2. The molecule has 0 aliphatic carbocycles. The minimum absolute atomic E-state index is 0.118. The fourth-order valence-corrected chi connectivity index (χ4v) is 2.09. The monoisotopic (exact) mass is 283 g/mol. The van der Waals surface area contributed by atoms with E-state index in [2.05, 4.69) is 5.32 Å². The number of carbonyl (C=O) groups excluding carboxylic acids is 1. The molecule has 0 saturated carbocycles. The molecule has 0 fully saturated rings. The summed E-state index contributed by atoms with van der Waals surface area (Å²) in [6, 6.07) is 13.4. The van der Waals surface area contributed by atoms with Crippen molar-refractivity contribution >= 4 is 17.3 Å². The summed E-state index contributed by atoms with van der Waals surface area (Å²) in [5.74, 6) is -0.118. The van der Waals surface area contributed by atoms with E-state index in [-0.39, 0.29) is 5.91 Å². The van der Waals surface area contributed by atoms with E-state index in [0.717, 1.165) is 11.3 Å². The van der Waals surface area contributed by atoms with E-state index in [1.807, 2.05) is 56.3 Å². The number of hydrogen-bond donors (Lipinski definition) is 2. The van der Waals surface area contributed by atoms with E-state index < -0.39 is 0 Å². The van der Waals surface area contributed by atoms with E-state index in [0.29, 0.717) is 17.8 Å². The van der Waals surface area contributed by atoms with E-state index in [9.17, 15) is 4.79 Å². The van der Waals surface area contributed by atoms with Crippen LogP contribution in [0.25, 0.3) is 0 Å². The zero-order valence-electron chi connectivity index (χ0n) is 12.7. The molecule has 4 nitrogen and oxygen atoms in total. The zero-order valence-corrected chi connectivity index (χ0v) is 12.7. The number of benzene rings is 2. The lowest BCUT2D eigenvalue weighted by molar-refractivity contribution is 0.0951. The highest BCUT2D eigenvalue weighted by molar-refractivity contribution is 5.96. The van der Waals surface area contributed by atoms with E-state index in [4.69, 9.17) is 5.73 Å². The van der Waals surface area contributed by atoms with Crippen LogP contribution in [0.5, 0.6) is 0 Å². The minimum atomic E-state index is -0.118. The van der Waals surface area contributed by atoms with Crippen molar-refractivity contribution < 1.29 is 4.79 Å². The molecular formula is C17H21N3O. The van der Waals surface area contributed by atoms with Gasteiger partial charge in [-0.3, -0.25) is 4.79 Å². The molecule has 110 valence electrons. The third kappa shape index (κ3) is 3.75. The number of aryl methyl sites for hydroxylation is 1. The smallest absolute Gasteiger partial charge is 0.251 e. The Morgan fingerprint density at radius 1 is 1.14 bits per heavy atom. The number of hydrogen-bond acceptors (Lipinski definition) is 3. The van der Waals surface area contributed by atoms with Gasteiger partial charge in [-0.15, -0.1) is 0 Å². The second-order valence-electron chi connectivity index (χ2n) is 5.34. The lowest BCUT2D eigenvalue weighted by Gasteiger charge is -2.16. The molecule has 0 bridgehead atoms. The van der Waals surface area contributed by atoms with Crippen molar-refractivity contribution in [3.05, 3.63) is 59.2 Å². The number of nitrogens with two attached hydrogens (primary N) is 1. The number of anilines is 2. The molecule has 2 aromatic rings. The first-order valence-corrected chi connectivity index (χ1v) is 6.88. The molecule has 21 heavy (non-hydrogen) atoms. The van der Waals surface area contributed by atoms with Crippen molar-refractivity contribution in [3.63, 3.8) is 0 Å². The maximum Gasteiger partial charge on any atom is 0.251 e. The summed E-state index contributed by atoms with van der Waals surface area (Å²) >= 11 is 0. The Morgan fingerprint density at radius 3 is 2.38 bits per heavy atom. The maximum absolute atomic E-state index is 12.1. The molecule has 0 saturated heterocycles. The van der Waals surface area contributed by atoms with Gasteiger partial charge in [-0.05, 0) is 30.7 Å². The largest absolute Gasteiger partial charge is 0.397 e. The van der Waals surface area contributed by atoms with Crippen LogP contribution in [-0.2, 0) is 6.54 Å². The molecule has 2 rings (SSSR count). The SMILES string of the molecule is Cc1ccc(CNC(=O)c2ccc(N(C)C)c(N)c2)cc1. The first kappa shape index (κ1) is 14.9. The quantitative estimate of drug-likeness (QED) is 0.848. The Labute approximate surface area is 125 Å². The van der Waals surface area contributed by atoms with Crippen LogP contribution in [0.2, 0.25) is 0 Å². The van der Waals surface area contributed by atoms with Gasteiger partial charge in [-0.2, -0.15) is 0 Å². The summed E-state index contributed by atoms with van der Waals surface area (Å²) < 4.78 is 0. The van der Waals surface area contributed by atoms with Crippen LogP contribution >= 0.6 is 0 Å². The molecule has 2 aromatic carbocycles. The van der Waals surface area contributed by atoms with Crippen LogP contribution in [0.4, 0.5) is 11.4 Å². The fraction of sp³-hybridized carbons (Fsp3) is 0.235. The molecule has 1 amide bonds. The summed E-state index contributed by atoms with van der Waals surface area (Å²) in [4.78, 5) is 14.1. The number of rotatable bonds is 4. The Bertz CT molecular complexity index is 633. The van der Waals surface area contributed by atoms with Gasteiger partial charge in [0.15, 0.2) is 0 Å². The van der Waals surface area contributed by atoms with Crippen molar-refractivity contribution in [2.24, 2.45) is 0 Å². The Balaban J connectivity index is 2.03. The minimum Gasteiger partial charge on any atom is -0.397 e. The van der Waals surface area contributed by atoms with Gasteiger partial charge in [-0.25, -0.2) is 0 Å². The standard InChI is InChI=1S/C17H21N3O/c1-12-4-6-13(7-5-12)11-19-17(21)14-8-9-16(20(2)3)15(18)10-14/h4-10H,11,18H2,1-3H3,(H,19,21). The number of amides is 1. The van der Waals surface area contributed by atoms with Gasteiger partial charge in [0.25, 0.3) is 5.91 Å². The second-order valence-corrected chi connectivity index (χ2v) is 5.34. The fourth-order valence-electron chi connectivity index (χ4n) is 2.09. The van der Waals surface area contributed by atoms with E-state index in [1.165, 1.54) is 5.56 Å². The van der Waals surface area contributed by atoms with Gasteiger partial charge in [0.05, 0.1) is 11.4 Å². The first-order valence-electron chi connectivity index (χ1n) is 6.88. The predicted octanol–water partition coefficient (Wildman–Crippen LogP) is 2.57. The van der Waals surface area contributed by atoms with Gasteiger partial charge in [-0.1, -0.05) is 29.8 Å². The average Bonchev–Trinajstić information content (AvgIpc) is 2.45. The molecule has 0 aromatic heterocycles. The van der Waals surface area contributed by atoms with Crippen LogP contribution in [-0.4, -0.2) is 20.0 Å². The highest BCUT2D eigenvalue weighted by atomic mass is 16.1. The number of carbonyl (C=O) groups is 1. The molecule has 0 atom stereocenters. The van der Waals surface area contributed by atoms with Gasteiger partial charge in [0.2, 0.25) is 0 Å². The molecule has 0 aliphatic rings. The lowest BCUT2D eigenvalue weighted by atomic mass is 10.1. The number of nitrogens with zero attached hydrogens (tertiary/aromatic N) is 1. The van der Waals surface area contributed by atoms with Gasteiger partial charge in [0, 0.05) is 26.2 Å². The lowest BCUT2D eigenvalue weighted by Crippen LogP contribution is -2.23. The summed E-state index contributed by atoms with van der Waals surface area (Å²) in [5, 5.41) is 2.90. The first-order chi connectivity index (χ1) is 9.97. The van der Waals surface area contributed by atoms with Gasteiger partial charge < -0.3 is 16.0 Å². The third-order valence-corrected chi connectivity index (χ3v) is 3.35. The summed E-state index contributed by atoms with van der Waals surface area (Å²) in [7, 11) is 3.84. The molecule has 3 N–H and O–H groups in total. The van der Waals surface area contributed by atoms with Crippen molar-refractivity contribution in [2.45, 2.75) is 13.5 Å². The Morgan fingerprint density at radius 2 is 1.81 bits per heavy atom. The molecule has 4 heteroatoms.